The zero-order valence-corrected chi connectivity index (χ0v) is 16.1. The maximum absolute atomic E-state index is 12.8. The molecule has 0 bridgehead atoms. The van der Waals surface area contributed by atoms with E-state index in [0.29, 0.717) is 41.8 Å². The molecule has 0 fully saturated rings. The second kappa shape index (κ2) is 9.42. The molecule has 0 aliphatic rings. The Morgan fingerprint density at radius 2 is 2.14 bits per heavy atom. The van der Waals surface area contributed by atoms with Gasteiger partial charge in [-0.15, -0.1) is 11.3 Å². The number of hydrogen-bond donors (Lipinski definition) is 1. The molecule has 0 atom stereocenters. The standard InChI is InChI=1S/C20H18F2N2O4S/c21-19(22)28-16-7-4-5-13(14(16)6-2-1-3-11-25)8-9-15-17(18(26)27)24-10-12-29-20(24)23-15/h4-5,7-12,19H,1-3,6H2,(H,26,27)/b9-8+. The lowest BCUT2D eigenvalue weighted by atomic mass is 9.99. The highest BCUT2D eigenvalue weighted by atomic mass is 32.1. The lowest BCUT2D eigenvalue weighted by molar-refractivity contribution is -0.107. The third kappa shape index (κ3) is 4.86. The molecular weight excluding hydrogens is 402 g/mol. The van der Waals surface area contributed by atoms with Crippen molar-refractivity contribution in [2.24, 2.45) is 0 Å². The first-order valence-electron chi connectivity index (χ1n) is 8.88. The summed E-state index contributed by atoms with van der Waals surface area (Å²) in [5, 5.41) is 11.3. The number of carboxylic acid groups (broad SMARTS) is 1. The van der Waals surface area contributed by atoms with Crippen LogP contribution in [0.1, 0.15) is 46.6 Å². The number of carbonyl (C=O) groups excluding carboxylic acids is 1. The largest absolute Gasteiger partial charge is 0.476 e. The van der Waals surface area contributed by atoms with Crippen LogP contribution in [0.3, 0.4) is 0 Å². The van der Waals surface area contributed by atoms with Crippen LogP contribution in [0.25, 0.3) is 17.1 Å². The zero-order valence-electron chi connectivity index (χ0n) is 15.3. The Hall–Kier alpha value is -3.07. The molecule has 0 unspecified atom stereocenters. The summed E-state index contributed by atoms with van der Waals surface area (Å²) in [6, 6.07) is 4.80. The molecule has 2 aromatic heterocycles. The van der Waals surface area contributed by atoms with Gasteiger partial charge in [0.1, 0.15) is 12.0 Å². The lowest BCUT2D eigenvalue weighted by Gasteiger charge is -2.13. The number of benzene rings is 1. The minimum atomic E-state index is -2.96. The SMILES string of the molecule is O=CCCCCc1c(/C=C/c2nc3sccn3c2C(=O)O)cccc1OC(F)F. The second-order valence-electron chi connectivity index (χ2n) is 6.15. The van der Waals surface area contributed by atoms with E-state index in [4.69, 9.17) is 0 Å². The monoisotopic (exact) mass is 420 g/mol. The second-order valence-corrected chi connectivity index (χ2v) is 7.03. The summed E-state index contributed by atoms with van der Waals surface area (Å²) < 4.78 is 31.7. The molecule has 0 amide bonds. The van der Waals surface area contributed by atoms with Crippen molar-refractivity contribution in [1.82, 2.24) is 9.38 Å². The van der Waals surface area contributed by atoms with Crippen LogP contribution in [0.4, 0.5) is 8.78 Å². The molecule has 6 nitrogen and oxygen atoms in total. The van der Waals surface area contributed by atoms with Crippen LogP contribution >= 0.6 is 11.3 Å². The van der Waals surface area contributed by atoms with Crippen LogP contribution in [0.15, 0.2) is 29.8 Å². The van der Waals surface area contributed by atoms with Crippen molar-refractivity contribution in [3.05, 3.63) is 52.3 Å². The summed E-state index contributed by atoms with van der Waals surface area (Å²) in [4.78, 5) is 27.0. The van der Waals surface area contributed by atoms with Gasteiger partial charge in [0.05, 0.1) is 5.69 Å². The van der Waals surface area contributed by atoms with Crippen molar-refractivity contribution < 1.29 is 28.2 Å². The van der Waals surface area contributed by atoms with Gasteiger partial charge in [-0.2, -0.15) is 8.78 Å². The zero-order chi connectivity index (χ0) is 20.8. The molecule has 3 aromatic rings. The van der Waals surface area contributed by atoms with Crippen LogP contribution in [0, 0.1) is 0 Å². The van der Waals surface area contributed by atoms with Crippen LogP contribution < -0.4 is 4.74 Å². The van der Waals surface area contributed by atoms with E-state index in [-0.39, 0.29) is 17.1 Å². The smallest absolute Gasteiger partial charge is 0.387 e. The number of imidazole rings is 1. The molecule has 3 rings (SSSR count). The molecular formula is C20H18F2N2O4S. The fourth-order valence-corrected chi connectivity index (χ4v) is 3.76. The third-order valence-corrected chi connectivity index (χ3v) is 5.05. The number of nitrogens with zero attached hydrogens (tertiary/aromatic N) is 2. The molecule has 0 spiro atoms. The van der Waals surface area contributed by atoms with Crippen molar-refractivity contribution in [2.45, 2.75) is 32.3 Å². The Kier molecular flexibility index (Phi) is 6.71. The van der Waals surface area contributed by atoms with Crippen molar-refractivity contribution in [3.63, 3.8) is 0 Å². The van der Waals surface area contributed by atoms with Crippen molar-refractivity contribution >= 4 is 40.7 Å². The lowest BCUT2D eigenvalue weighted by Crippen LogP contribution is -2.06. The molecule has 0 saturated heterocycles. The van der Waals surface area contributed by atoms with Crippen molar-refractivity contribution in [3.8, 4) is 5.75 Å². The Balaban J connectivity index is 1.95. The summed E-state index contributed by atoms with van der Waals surface area (Å²) in [7, 11) is 0. The number of carbonyl (C=O) groups is 2. The van der Waals surface area contributed by atoms with E-state index in [1.54, 1.807) is 35.9 Å². The van der Waals surface area contributed by atoms with Gasteiger partial charge in [0.15, 0.2) is 10.7 Å². The number of fused-ring (bicyclic) bond motifs is 1. The summed E-state index contributed by atoms with van der Waals surface area (Å²) in [6.07, 6.45) is 7.76. The molecule has 0 radical (unpaired) electrons. The van der Waals surface area contributed by atoms with E-state index >= 15 is 0 Å². The van der Waals surface area contributed by atoms with Crippen LogP contribution in [-0.4, -0.2) is 33.4 Å². The first-order valence-corrected chi connectivity index (χ1v) is 9.76. The first-order chi connectivity index (χ1) is 14.0. The van der Waals surface area contributed by atoms with E-state index in [9.17, 15) is 23.5 Å². The van der Waals surface area contributed by atoms with Crippen molar-refractivity contribution in [1.29, 1.82) is 0 Å². The Morgan fingerprint density at radius 1 is 1.31 bits per heavy atom. The number of hydrogen-bond acceptors (Lipinski definition) is 5. The highest BCUT2D eigenvalue weighted by Crippen LogP contribution is 2.28. The Morgan fingerprint density at radius 3 is 2.86 bits per heavy atom. The number of aromatic carboxylic acids is 1. The minimum Gasteiger partial charge on any atom is -0.476 e. The number of unbranched alkanes of at least 4 members (excludes halogenated alkanes) is 2. The Bertz CT molecular complexity index is 1040. The van der Waals surface area contributed by atoms with Gasteiger partial charge in [0.2, 0.25) is 0 Å². The number of thiazole rings is 1. The highest BCUT2D eigenvalue weighted by Gasteiger charge is 2.18. The van der Waals surface area contributed by atoms with E-state index in [1.807, 2.05) is 0 Å². The van der Waals surface area contributed by atoms with Gasteiger partial charge >= 0.3 is 12.6 Å². The molecule has 152 valence electrons. The van der Waals surface area contributed by atoms with Gasteiger partial charge in [-0.05, 0) is 37.0 Å². The van der Waals surface area contributed by atoms with Crippen molar-refractivity contribution in [2.75, 3.05) is 0 Å². The van der Waals surface area contributed by atoms with E-state index in [1.165, 1.54) is 21.8 Å². The molecule has 0 saturated carbocycles. The number of ether oxygens (including phenoxy) is 1. The molecule has 0 aliphatic heterocycles. The summed E-state index contributed by atoms with van der Waals surface area (Å²) in [5.41, 5.74) is 1.51. The summed E-state index contributed by atoms with van der Waals surface area (Å²) in [6.45, 7) is -2.96. The minimum absolute atomic E-state index is 0.0324. The normalized spacial score (nSPS) is 11.6. The highest BCUT2D eigenvalue weighted by molar-refractivity contribution is 7.15. The van der Waals surface area contributed by atoms with Crippen LogP contribution in [0.2, 0.25) is 0 Å². The maximum atomic E-state index is 12.8. The average molecular weight is 420 g/mol. The summed E-state index contributed by atoms with van der Waals surface area (Å²) in [5.74, 6) is -1.04. The molecule has 29 heavy (non-hydrogen) atoms. The Labute approximate surface area is 169 Å². The maximum Gasteiger partial charge on any atom is 0.387 e. The van der Waals surface area contributed by atoms with E-state index < -0.39 is 12.6 Å². The predicted octanol–water partition coefficient (Wildman–Crippen LogP) is 4.78. The van der Waals surface area contributed by atoms with Crippen LogP contribution in [0.5, 0.6) is 5.75 Å². The quantitative estimate of drug-likeness (QED) is 0.377. The van der Waals surface area contributed by atoms with Gasteiger partial charge in [-0.3, -0.25) is 4.40 Å². The number of halogens is 2. The number of rotatable bonds is 10. The van der Waals surface area contributed by atoms with Crippen LogP contribution in [-0.2, 0) is 11.2 Å². The fraction of sp³-hybridized carbons (Fsp3) is 0.250. The molecule has 2 heterocycles. The fourth-order valence-electron chi connectivity index (χ4n) is 3.04. The third-order valence-electron chi connectivity index (χ3n) is 4.30. The number of alkyl halides is 2. The number of aromatic nitrogens is 2. The predicted molar refractivity (Wildman–Crippen MR) is 106 cm³/mol. The first kappa shape index (κ1) is 20.7. The molecule has 1 N–H and O–H groups in total. The van der Waals surface area contributed by atoms with Gasteiger partial charge in [0.25, 0.3) is 0 Å². The molecule has 0 aliphatic carbocycles. The summed E-state index contributed by atoms with van der Waals surface area (Å²) >= 11 is 1.31. The van der Waals surface area contributed by atoms with Gasteiger partial charge in [-0.25, -0.2) is 9.78 Å². The molecule has 1 aromatic carbocycles. The molecule has 9 heteroatoms. The van der Waals surface area contributed by atoms with Gasteiger partial charge < -0.3 is 14.6 Å². The topological polar surface area (TPSA) is 80.9 Å². The van der Waals surface area contributed by atoms with E-state index in [2.05, 4.69) is 9.72 Å². The van der Waals surface area contributed by atoms with Gasteiger partial charge in [0, 0.05) is 23.6 Å². The van der Waals surface area contributed by atoms with Gasteiger partial charge in [-0.1, -0.05) is 18.2 Å². The average Bonchev–Trinajstić information content (AvgIpc) is 3.24. The number of carboxylic acids is 1. The van der Waals surface area contributed by atoms with E-state index in [0.717, 1.165) is 6.29 Å². The number of aldehydes is 1.